The summed E-state index contributed by atoms with van der Waals surface area (Å²) in [6.07, 6.45) is 0. The molecule has 0 bridgehead atoms. The maximum atomic E-state index is 9.25. The second-order valence-corrected chi connectivity index (χ2v) is 3.83. The van der Waals surface area contributed by atoms with E-state index < -0.39 is 0 Å². The summed E-state index contributed by atoms with van der Waals surface area (Å²) in [6, 6.07) is 12.2. The van der Waals surface area contributed by atoms with Gasteiger partial charge >= 0.3 is 0 Å². The first-order chi connectivity index (χ1) is 8.24. The van der Waals surface area contributed by atoms with Crippen LogP contribution in [0.5, 0.6) is 5.75 Å². The molecule has 0 radical (unpaired) electrons. The smallest absolute Gasteiger partial charge is 0.167 e. The van der Waals surface area contributed by atoms with Gasteiger partial charge in [-0.2, -0.15) is 0 Å². The van der Waals surface area contributed by atoms with Gasteiger partial charge in [0.05, 0.1) is 5.39 Å². The molecule has 0 amide bonds. The van der Waals surface area contributed by atoms with Gasteiger partial charge in [0.1, 0.15) is 11.4 Å². The first kappa shape index (κ1) is 9.72. The van der Waals surface area contributed by atoms with Crippen LogP contribution in [-0.4, -0.2) is 10.3 Å². The highest BCUT2D eigenvalue weighted by atomic mass is 16.5. The number of aromatic hydroxyl groups is 1. The highest BCUT2D eigenvalue weighted by Gasteiger charge is 2.10. The molecule has 2 aromatic carbocycles. The summed E-state index contributed by atoms with van der Waals surface area (Å²) in [5.41, 5.74) is 8.72. The van der Waals surface area contributed by atoms with Crippen molar-refractivity contribution in [2.75, 3.05) is 5.73 Å². The van der Waals surface area contributed by atoms with Crippen LogP contribution in [-0.2, 0) is 0 Å². The number of fused-ring (bicyclic) bond motifs is 1. The minimum atomic E-state index is 0.223. The fourth-order valence-corrected chi connectivity index (χ4v) is 1.78. The zero-order valence-corrected chi connectivity index (χ0v) is 8.92. The summed E-state index contributed by atoms with van der Waals surface area (Å²) in [7, 11) is 0. The van der Waals surface area contributed by atoms with Crippen LogP contribution in [0.25, 0.3) is 22.2 Å². The van der Waals surface area contributed by atoms with Crippen molar-refractivity contribution in [3.63, 3.8) is 0 Å². The van der Waals surface area contributed by atoms with Crippen molar-refractivity contribution in [2.24, 2.45) is 0 Å². The molecule has 3 rings (SSSR count). The van der Waals surface area contributed by atoms with Gasteiger partial charge in [-0.05, 0) is 42.5 Å². The molecule has 0 saturated heterocycles. The number of rotatable bonds is 1. The molecule has 0 saturated carbocycles. The number of hydrogen-bond donors (Lipinski definition) is 2. The fraction of sp³-hybridized carbons (Fsp3) is 0. The van der Waals surface area contributed by atoms with Gasteiger partial charge in [-0.15, -0.1) is 0 Å². The summed E-state index contributed by atoms with van der Waals surface area (Å²) >= 11 is 0. The van der Waals surface area contributed by atoms with E-state index in [9.17, 15) is 5.11 Å². The molecule has 0 aliphatic carbocycles. The molecule has 3 N–H and O–H groups in total. The Kier molecular flexibility index (Phi) is 2.01. The Labute approximate surface area is 97.3 Å². The summed E-state index contributed by atoms with van der Waals surface area (Å²) < 4.78 is 5.22. The van der Waals surface area contributed by atoms with E-state index in [1.165, 1.54) is 0 Å². The average Bonchev–Trinajstić information content (AvgIpc) is 2.73. The summed E-state index contributed by atoms with van der Waals surface area (Å²) in [5.74, 6) is 0.223. The fourth-order valence-electron chi connectivity index (χ4n) is 1.78. The molecule has 84 valence electrons. The molecule has 4 nitrogen and oxygen atoms in total. The van der Waals surface area contributed by atoms with E-state index in [2.05, 4.69) is 5.16 Å². The number of nitrogen functional groups attached to an aromatic ring is 1. The molecule has 0 fully saturated rings. The van der Waals surface area contributed by atoms with E-state index >= 15 is 0 Å². The molecule has 0 aliphatic heterocycles. The van der Waals surface area contributed by atoms with E-state index in [0.717, 1.165) is 16.6 Å². The predicted octanol–water partition coefficient (Wildman–Crippen LogP) is 2.78. The van der Waals surface area contributed by atoms with Crippen LogP contribution in [0.2, 0.25) is 0 Å². The van der Waals surface area contributed by atoms with Crippen LogP contribution >= 0.6 is 0 Å². The van der Waals surface area contributed by atoms with E-state index in [4.69, 9.17) is 10.3 Å². The van der Waals surface area contributed by atoms with Gasteiger partial charge in [-0.1, -0.05) is 5.16 Å². The molecule has 4 heteroatoms. The molecule has 1 heterocycles. The van der Waals surface area contributed by atoms with Crippen molar-refractivity contribution in [1.29, 1.82) is 0 Å². The summed E-state index contributed by atoms with van der Waals surface area (Å²) in [4.78, 5) is 0. The highest BCUT2D eigenvalue weighted by molar-refractivity contribution is 5.93. The summed E-state index contributed by atoms with van der Waals surface area (Å²) in [5, 5.41) is 14.1. The quantitative estimate of drug-likeness (QED) is 0.626. The van der Waals surface area contributed by atoms with Gasteiger partial charge < -0.3 is 15.4 Å². The highest BCUT2D eigenvalue weighted by Crippen LogP contribution is 2.29. The molecule has 0 aliphatic rings. The Morgan fingerprint density at radius 1 is 1.06 bits per heavy atom. The Bertz CT molecular complexity index is 671. The first-order valence-electron chi connectivity index (χ1n) is 5.18. The third-order valence-corrected chi connectivity index (χ3v) is 2.63. The van der Waals surface area contributed by atoms with Gasteiger partial charge in [0, 0.05) is 11.3 Å². The maximum absolute atomic E-state index is 9.25. The number of nitrogens with zero attached hydrogens (tertiary/aromatic N) is 1. The van der Waals surface area contributed by atoms with Crippen molar-refractivity contribution in [3.8, 4) is 17.0 Å². The number of benzene rings is 2. The zero-order chi connectivity index (χ0) is 11.8. The second-order valence-electron chi connectivity index (χ2n) is 3.83. The molecule has 0 atom stereocenters. The molecule has 3 aromatic rings. The Hall–Kier alpha value is -2.49. The van der Waals surface area contributed by atoms with Crippen molar-refractivity contribution in [1.82, 2.24) is 5.16 Å². The van der Waals surface area contributed by atoms with Crippen molar-refractivity contribution in [3.05, 3.63) is 42.5 Å². The number of phenols is 1. The lowest BCUT2D eigenvalue weighted by molar-refractivity contribution is 0.459. The summed E-state index contributed by atoms with van der Waals surface area (Å²) in [6.45, 7) is 0. The minimum Gasteiger partial charge on any atom is -0.508 e. The van der Waals surface area contributed by atoms with E-state index in [-0.39, 0.29) is 5.75 Å². The van der Waals surface area contributed by atoms with Crippen LogP contribution in [0.3, 0.4) is 0 Å². The molecule has 0 spiro atoms. The van der Waals surface area contributed by atoms with Crippen molar-refractivity contribution >= 4 is 16.7 Å². The SMILES string of the molecule is Nc1ccc2onc(-c3ccc(O)cc3)c2c1. The number of aromatic nitrogens is 1. The van der Waals surface area contributed by atoms with Crippen LogP contribution in [0.15, 0.2) is 47.0 Å². The lowest BCUT2D eigenvalue weighted by Crippen LogP contribution is -1.83. The normalized spacial score (nSPS) is 10.8. The first-order valence-corrected chi connectivity index (χ1v) is 5.18. The largest absolute Gasteiger partial charge is 0.508 e. The van der Waals surface area contributed by atoms with Gasteiger partial charge in [0.15, 0.2) is 5.58 Å². The molecule has 17 heavy (non-hydrogen) atoms. The second kappa shape index (κ2) is 3.52. The topological polar surface area (TPSA) is 72.3 Å². The van der Waals surface area contributed by atoms with Crippen LogP contribution in [0, 0.1) is 0 Å². The average molecular weight is 226 g/mol. The number of anilines is 1. The maximum Gasteiger partial charge on any atom is 0.167 e. The molecular weight excluding hydrogens is 216 g/mol. The number of phenolic OH excluding ortho intramolecular Hbond substituents is 1. The Balaban J connectivity index is 2.23. The number of nitrogens with two attached hydrogens (primary N) is 1. The van der Waals surface area contributed by atoms with Gasteiger partial charge in [-0.3, -0.25) is 0 Å². The van der Waals surface area contributed by atoms with E-state index in [1.54, 1.807) is 36.4 Å². The molecule has 0 unspecified atom stereocenters. The molecule has 1 aromatic heterocycles. The van der Waals surface area contributed by atoms with Gasteiger partial charge in [0.25, 0.3) is 0 Å². The van der Waals surface area contributed by atoms with Gasteiger partial charge in [0.2, 0.25) is 0 Å². The lowest BCUT2D eigenvalue weighted by Gasteiger charge is -1.97. The minimum absolute atomic E-state index is 0.223. The van der Waals surface area contributed by atoms with Crippen molar-refractivity contribution in [2.45, 2.75) is 0 Å². The van der Waals surface area contributed by atoms with Crippen LogP contribution in [0.1, 0.15) is 0 Å². The zero-order valence-electron chi connectivity index (χ0n) is 8.92. The van der Waals surface area contributed by atoms with Crippen LogP contribution in [0.4, 0.5) is 5.69 Å². The number of hydrogen-bond acceptors (Lipinski definition) is 4. The van der Waals surface area contributed by atoms with Gasteiger partial charge in [-0.25, -0.2) is 0 Å². The standard InChI is InChI=1S/C13H10N2O2/c14-9-3-6-12-11(7-9)13(15-17-12)8-1-4-10(16)5-2-8/h1-7,16H,14H2. The van der Waals surface area contributed by atoms with E-state index in [0.29, 0.717) is 11.3 Å². The Morgan fingerprint density at radius 2 is 1.82 bits per heavy atom. The third kappa shape index (κ3) is 1.59. The third-order valence-electron chi connectivity index (χ3n) is 2.63. The lowest BCUT2D eigenvalue weighted by atomic mass is 10.1. The predicted molar refractivity (Wildman–Crippen MR) is 65.5 cm³/mol. The van der Waals surface area contributed by atoms with Crippen molar-refractivity contribution < 1.29 is 9.63 Å². The van der Waals surface area contributed by atoms with E-state index in [1.807, 2.05) is 6.07 Å². The Morgan fingerprint density at radius 3 is 2.59 bits per heavy atom. The van der Waals surface area contributed by atoms with Crippen LogP contribution < -0.4 is 5.73 Å². The monoisotopic (exact) mass is 226 g/mol. The molecular formula is C13H10N2O2.